The highest BCUT2D eigenvalue weighted by Gasteiger charge is 2.76. The van der Waals surface area contributed by atoms with Gasteiger partial charge >= 0.3 is 6.03 Å². The molecule has 1 spiro atoms. The molecule has 0 radical (unpaired) electrons. The minimum absolute atomic E-state index is 0.423. The van der Waals surface area contributed by atoms with Gasteiger partial charge in [-0.15, -0.1) is 0 Å². The second-order valence-electron chi connectivity index (χ2n) is 9.92. The van der Waals surface area contributed by atoms with Crippen molar-refractivity contribution in [1.82, 2.24) is 0 Å². The fraction of sp³-hybridized carbons (Fsp3) is 0.129. The maximum Gasteiger partial charge on any atom is 0.338 e. The average Bonchev–Trinajstić information content (AvgIpc) is 3.30. The van der Waals surface area contributed by atoms with Crippen LogP contribution < -0.4 is 19.6 Å². The molecule has 7 rings (SSSR count). The van der Waals surface area contributed by atoms with Crippen molar-refractivity contribution in [3.05, 3.63) is 120 Å². The van der Waals surface area contributed by atoms with Crippen LogP contribution in [-0.4, -0.2) is 23.5 Å². The van der Waals surface area contributed by atoms with Crippen LogP contribution in [0.5, 0.6) is 0 Å². The van der Waals surface area contributed by atoms with E-state index < -0.39 is 29.7 Å². The lowest BCUT2D eigenvalue weighted by Crippen LogP contribution is -2.66. The normalized spacial score (nSPS) is 21.7. The third-order valence-electron chi connectivity index (χ3n) is 7.63. The van der Waals surface area contributed by atoms with Gasteiger partial charge in [-0.1, -0.05) is 71.8 Å². The van der Waals surface area contributed by atoms with Crippen molar-refractivity contribution in [2.75, 3.05) is 19.6 Å². The number of rotatable bonds is 3. The molecule has 4 aromatic carbocycles. The van der Waals surface area contributed by atoms with Gasteiger partial charge in [0.2, 0.25) is 0 Å². The van der Waals surface area contributed by atoms with Gasteiger partial charge < -0.3 is 4.90 Å². The van der Waals surface area contributed by atoms with E-state index in [1.54, 1.807) is 29.2 Å². The molecule has 0 unspecified atom stereocenters. The van der Waals surface area contributed by atoms with Crippen LogP contribution in [0.1, 0.15) is 22.9 Å². The molecule has 7 heteroatoms. The third-order valence-corrected chi connectivity index (χ3v) is 7.63. The highest BCUT2D eigenvalue weighted by Crippen LogP contribution is 2.57. The molecule has 186 valence electrons. The smallest absolute Gasteiger partial charge is 0.307 e. The Hall–Kier alpha value is -4.91. The van der Waals surface area contributed by atoms with E-state index in [1.807, 2.05) is 97.6 Å². The lowest BCUT2D eigenvalue weighted by molar-refractivity contribution is -0.130. The number of carbonyl (C=O) groups is 3. The standard InChI is InChI=1S/C31H24N4O3/c1-20-13-16-24(17-14-20)34-27-25-19-21(2)15-18-26(25)35-30(38)33(23-11-7-4-8-12-23)29(37)31(34,35)28(36)32(27)22-9-5-3-6-10-22/h3-19,27H,1-2H3/t27-,31-/m1/s1. The van der Waals surface area contributed by atoms with E-state index in [-0.39, 0.29) is 0 Å². The number of nitrogens with zero attached hydrogens (tertiary/aromatic N) is 4. The molecule has 2 bridgehead atoms. The lowest BCUT2D eigenvalue weighted by atomic mass is 9.96. The number of imide groups is 1. The number of benzene rings is 4. The number of hydrogen-bond donors (Lipinski definition) is 0. The Morgan fingerprint density at radius 1 is 0.632 bits per heavy atom. The molecule has 0 saturated carbocycles. The molecular weight excluding hydrogens is 476 g/mol. The molecule has 2 atom stereocenters. The maximum absolute atomic E-state index is 14.8. The number of carbonyl (C=O) groups excluding carboxylic acids is 3. The Labute approximate surface area is 220 Å². The molecule has 2 fully saturated rings. The molecule has 0 N–H and O–H groups in total. The predicted molar refractivity (Wildman–Crippen MR) is 146 cm³/mol. The predicted octanol–water partition coefficient (Wildman–Crippen LogP) is 5.54. The summed E-state index contributed by atoms with van der Waals surface area (Å²) in [6.07, 6.45) is -0.633. The number of para-hydroxylation sites is 2. The second kappa shape index (κ2) is 7.79. The molecular formula is C31H24N4O3. The first-order chi connectivity index (χ1) is 18.4. The summed E-state index contributed by atoms with van der Waals surface area (Å²) in [5.74, 6) is -1.05. The minimum Gasteiger partial charge on any atom is -0.307 e. The average molecular weight is 501 g/mol. The third kappa shape index (κ3) is 2.70. The number of aryl methyl sites for hydroxylation is 2. The van der Waals surface area contributed by atoms with Crippen molar-refractivity contribution < 1.29 is 14.4 Å². The lowest BCUT2D eigenvalue weighted by Gasteiger charge is -2.45. The highest BCUT2D eigenvalue weighted by atomic mass is 16.2. The summed E-state index contributed by atoms with van der Waals surface area (Å²) in [6.45, 7) is 3.97. The summed E-state index contributed by atoms with van der Waals surface area (Å²) >= 11 is 0. The quantitative estimate of drug-likeness (QED) is 0.274. The Morgan fingerprint density at radius 2 is 1.24 bits per heavy atom. The van der Waals surface area contributed by atoms with Crippen LogP contribution in [0.2, 0.25) is 0 Å². The van der Waals surface area contributed by atoms with E-state index in [9.17, 15) is 14.4 Å². The van der Waals surface area contributed by atoms with E-state index in [0.29, 0.717) is 22.7 Å². The van der Waals surface area contributed by atoms with Gasteiger partial charge in [0.05, 0.1) is 11.4 Å². The van der Waals surface area contributed by atoms with Crippen molar-refractivity contribution in [3.63, 3.8) is 0 Å². The largest absolute Gasteiger partial charge is 0.338 e. The molecule has 3 aliphatic rings. The van der Waals surface area contributed by atoms with Crippen LogP contribution in [-0.2, 0) is 9.59 Å². The Bertz CT molecular complexity index is 1620. The van der Waals surface area contributed by atoms with Crippen molar-refractivity contribution in [3.8, 4) is 0 Å². The van der Waals surface area contributed by atoms with Crippen LogP contribution in [0.15, 0.2) is 103 Å². The molecule has 2 saturated heterocycles. The maximum atomic E-state index is 14.8. The first-order valence-electron chi connectivity index (χ1n) is 12.5. The van der Waals surface area contributed by atoms with Crippen molar-refractivity contribution in [2.24, 2.45) is 0 Å². The number of amides is 4. The van der Waals surface area contributed by atoms with Crippen molar-refractivity contribution in [1.29, 1.82) is 0 Å². The number of urea groups is 1. The number of fused-ring (bicyclic) bond motifs is 4. The Balaban J connectivity index is 1.58. The molecule has 0 aliphatic carbocycles. The number of hydrogen-bond acceptors (Lipinski definition) is 4. The molecule has 0 aromatic heterocycles. The van der Waals surface area contributed by atoms with Gasteiger partial charge in [0.1, 0.15) is 6.17 Å². The first kappa shape index (κ1) is 22.3. The SMILES string of the molecule is Cc1ccc(N2[C@@H]3c4cc(C)ccc4N4C(=O)N(c5ccccc5)C(=O)[C@@]42C(=O)N3c2ccccc2)cc1. The Morgan fingerprint density at radius 3 is 1.89 bits per heavy atom. The molecule has 4 amide bonds. The van der Waals surface area contributed by atoms with Crippen molar-refractivity contribution in [2.45, 2.75) is 25.7 Å². The van der Waals surface area contributed by atoms with Gasteiger partial charge in [-0.3, -0.25) is 19.4 Å². The fourth-order valence-corrected chi connectivity index (χ4v) is 5.97. The van der Waals surface area contributed by atoms with Gasteiger partial charge in [0.25, 0.3) is 17.5 Å². The van der Waals surface area contributed by atoms with E-state index in [1.165, 1.54) is 4.90 Å². The highest BCUT2D eigenvalue weighted by molar-refractivity contribution is 6.42. The van der Waals surface area contributed by atoms with Gasteiger partial charge in [-0.05, 0) is 56.3 Å². The van der Waals surface area contributed by atoms with Crippen LogP contribution >= 0.6 is 0 Å². The summed E-state index contributed by atoms with van der Waals surface area (Å²) in [4.78, 5) is 49.7. The van der Waals surface area contributed by atoms with E-state index in [4.69, 9.17) is 0 Å². The van der Waals surface area contributed by atoms with Crippen LogP contribution in [0.3, 0.4) is 0 Å². The van der Waals surface area contributed by atoms with Gasteiger partial charge in [-0.2, -0.15) is 0 Å². The zero-order valence-corrected chi connectivity index (χ0v) is 20.9. The monoisotopic (exact) mass is 500 g/mol. The summed E-state index contributed by atoms with van der Waals surface area (Å²) in [7, 11) is 0. The zero-order chi connectivity index (χ0) is 26.2. The first-order valence-corrected chi connectivity index (χ1v) is 12.5. The Kier molecular flexibility index (Phi) is 4.57. The fourth-order valence-electron chi connectivity index (χ4n) is 5.97. The van der Waals surface area contributed by atoms with Gasteiger partial charge in [0.15, 0.2) is 0 Å². The summed E-state index contributed by atoms with van der Waals surface area (Å²) in [5, 5.41) is 0. The van der Waals surface area contributed by atoms with Gasteiger partial charge in [-0.25, -0.2) is 9.69 Å². The summed E-state index contributed by atoms with van der Waals surface area (Å²) in [5.41, 5.74) is 3.24. The summed E-state index contributed by atoms with van der Waals surface area (Å²) < 4.78 is 0. The van der Waals surface area contributed by atoms with Crippen LogP contribution in [0, 0.1) is 13.8 Å². The topological polar surface area (TPSA) is 64.2 Å². The summed E-state index contributed by atoms with van der Waals surface area (Å²) in [6, 6.07) is 31.1. The van der Waals surface area contributed by atoms with Crippen LogP contribution in [0.25, 0.3) is 0 Å². The minimum atomic E-state index is -1.91. The molecule has 4 aromatic rings. The van der Waals surface area contributed by atoms with Crippen molar-refractivity contribution >= 4 is 40.6 Å². The van der Waals surface area contributed by atoms with E-state index in [2.05, 4.69) is 0 Å². The van der Waals surface area contributed by atoms with Gasteiger partial charge in [0, 0.05) is 16.9 Å². The molecule has 3 heterocycles. The molecule has 7 nitrogen and oxygen atoms in total. The zero-order valence-electron chi connectivity index (χ0n) is 20.9. The van der Waals surface area contributed by atoms with Crippen LogP contribution in [0.4, 0.5) is 27.5 Å². The molecule has 38 heavy (non-hydrogen) atoms. The number of anilines is 4. The second-order valence-corrected chi connectivity index (χ2v) is 9.92. The van der Waals surface area contributed by atoms with E-state index in [0.717, 1.165) is 21.6 Å². The molecule has 3 aliphatic heterocycles. The van der Waals surface area contributed by atoms with E-state index >= 15 is 0 Å².